The van der Waals surface area contributed by atoms with Crippen molar-refractivity contribution in [3.63, 3.8) is 0 Å². The lowest BCUT2D eigenvalue weighted by atomic mass is 9.96. The Kier molecular flexibility index (Phi) is 4.78. The van der Waals surface area contributed by atoms with Crippen molar-refractivity contribution in [3.8, 4) is 5.88 Å². The molecule has 1 N–H and O–H groups in total. The molecule has 0 bridgehead atoms. The normalized spacial score (nSPS) is 17.1. The second-order valence-electron chi connectivity index (χ2n) is 7.60. The molecule has 1 saturated carbocycles. The molecule has 9 nitrogen and oxygen atoms in total. The number of benzene rings is 1. The van der Waals surface area contributed by atoms with Gasteiger partial charge in [-0.2, -0.15) is 0 Å². The van der Waals surface area contributed by atoms with Crippen LogP contribution < -0.4 is 15.2 Å². The Labute approximate surface area is 172 Å². The Balaban J connectivity index is 1.32. The van der Waals surface area contributed by atoms with Gasteiger partial charge >= 0.3 is 0 Å². The van der Waals surface area contributed by atoms with Gasteiger partial charge in [0.05, 0.1) is 10.9 Å². The van der Waals surface area contributed by atoms with E-state index in [2.05, 4.69) is 30.9 Å². The van der Waals surface area contributed by atoms with Crippen LogP contribution >= 0.6 is 0 Å². The quantitative estimate of drug-likeness (QED) is 0.702. The van der Waals surface area contributed by atoms with Crippen molar-refractivity contribution in [2.75, 3.05) is 31.1 Å². The number of rotatable bonds is 4. The van der Waals surface area contributed by atoms with Crippen molar-refractivity contribution < 1.29 is 9.53 Å². The summed E-state index contributed by atoms with van der Waals surface area (Å²) in [6.45, 7) is 2.36. The van der Waals surface area contributed by atoms with Crippen LogP contribution in [0.5, 0.6) is 5.88 Å². The van der Waals surface area contributed by atoms with E-state index >= 15 is 0 Å². The predicted octanol–water partition coefficient (Wildman–Crippen LogP) is 1.61. The SMILES string of the molecule is O=C(c1ncc[nH]c1=O)N1CCN(c2ccc3ncnc(OC4CCC4)c3c2)CC1. The summed E-state index contributed by atoms with van der Waals surface area (Å²) in [4.78, 5) is 43.5. The molecular weight excluding hydrogens is 384 g/mol. The van der Waals surface area contributed by atoms with Gasteiger partial charge in [-0.1, -0.05) is 0 Å². The number of amides is 1. The molecule has 0 radical (unpaired) electrons. The second kappa shape index (κ2) is 7.74. The third-order valence-electron chi connectivity index (χ3n) is 5.76. The fraction of sp³-hybridized carbons (Fsp3) is 0.381. The number of ether oxygens (including phenoxy) is 1. The monoisotopic (exact) mass is 406 g/mol. The van der Waals surface area contributed by atoms with Crippen LogP contribution in [0.25, 0.3) is 10.9 Å². The maximum atomic E-state index is 12.6. The standard InChI is InChI=1S/C21H22N6O3/c28-19-18(22-6-7-23-19)21(29)27-10-8-26(9-11-27)14-4-5-17-16(12-14)20(25-13-24-17)30-15-2-1-3-15/h4-7,12-13,15H,1-3,8-11H2,(H,23,28). The number of hydrogen-bond acceptors (Lipinski definition) is 7. The number of carbonyl (C=O) groups is 1. The lowest BCUT2D eigenvalue weighted by Crippen LogP contribution is -2.49. The van der Waals surface area contributed by atoms with Crippen LogP contribution in [0, 0.1) is 0 Å². The molecule has 3 heterocycles. The minimum Gasteiger partial charge on any atom is -0.474 e. The third kappa shape index (κ3) is 3.47. The average molecular weight is 406 g/mol. The van der Waals surface area contributed by atoms with E-state index in [0.717, 1.165) is 29.4 Å². The molecule has 0 unspecified atom stereocenters. The minimum absolute atomic E-state index is 0.0633. The number of nitrogens with one attached hydrogen (secondary N) is 1. The first-order valence-electron chi connectivity index (χ1n) is 10.2. The largest absolute Gasteiger partial charge is 0.474 e. The first kappa shape index (κ1) is 18.5. The Morgan fingerprint density at radius 2 is 1.93 bits per heavy atom. The highest BCUT2D eigenvalue weighted by Crippen LogP contribution is 2.31. The summed E-state index contributed by atoms with van der Waals surface area (Å²) in [5.41, 5.74) is 1.37. The number of piperazine rings is 1. The van der Waals surface area contributed by atoms with Gasteiger partial charge in [-0.15, -0.1) is 0 Å². The van der Waals surface area contributed by atoms with Gasteiger partial charge in [0.1, 0.15) is 12.4 Å². The van der Waals surface area contributed by atoms with Gasteiger partial charge in [-0.3, -0.25) is 9.59 Å². The van der Waals surface area contributed by atoms with Gasteiger partial charge in [-0.25, -0.2) is 15.0 Å². The number of anilines is 1. The van der Waals surface area contributed by atoms with E-state index in [4.69, 9.17) is 4.74 Å². The maximum Gasteiger partial charge on any atom is 0.279 e. The van der Waals surface area contributed by atoms with Crippen molar-refractivity contribution in [2.45, 2.75) is 25.4 Å². The Morgan fingerprint density at radius 3 is 2.67 bits per heavy atom. The van der Waals surface area contributed by atoms with Crippen LogP contribution in [0.1, 0.15) is 29.8 Å². The van der Waals surface area contributed by atoms with E-state index in [0.29, 0.717) is 32.1 Å². The highest BCUT2D eigenvalue weighted by Gasteiger charge is 2.25. The van der Waals surface area contributed by atoms with Crippen molar-refractivity contribution in [3.05, 3.63) is 53.0 Å². The summed E-state index contributed by atoms with van der Waals surface area (Å²) in [6.07, 6.45) is 7.97. The lowest BCUT2D eigenvalue weighted by Gasteiger charge is -2.36. The van der Waals surface area contributed by atoms with Crippen molar-refractivity contribution in [1.82, 2.24) is 24.8 Å². The van der Waals surface area contributed by atoms with E-state index in [-0.39, 0.29) is 17.7 Å². The predicted molar refractivity (Wildman–Crippen MR) is 111 cm³/mol. The lowest BCUT2D eigenvalue weighted by molar-refractivity contribution is 0.0739. The fourth-order valence-corrected chi connectivity index (χ4v) is 3.78. The summed E-state index contributed by atoms with van der Waals surface area (Å²) in [5, 5.41) is 0.903. The van der Waals surface area contributed by atoms with E-state index in [1.807, 2.05) is 12.1 Å². The van der Waals surface area contributed by atoms with E-state index in [1.165, 1.54) is 18.8 Å². The molecule has 2 fully saturated rings. The van der Waals surface area contributed by atoms with E-state index < -0.39 is 5.56 Å². The number of aromatic amines is 1. The fourth-order valence-electron chi connectivity index (χ4n) is 3.78. The highest BCUT2D eigenvalue weighted by atomic mass is 16.5. The number of nitrogens with zero attached hydrogens (tertiary/aromatic N) is 5. The molecular formula is C21H22N6O3. The van der Waals surface area contributed by atoms with Crippen LogP contribution in [-0.2, 0) is 0 Å². The molecule has 154 valence electrons. The summed E-state index contributed by atoms with van der Waals surface area (Å²) in [6, 6.07) is 6.07. The topological polar surface area (TPSA) is 104 Å². The van der Waals surface area contributed by atoms with Crippen molar-refractivity contribution >= 4 is 22.5 Å². The number of carbonyl (C=O) groups excluding carboxylic acids is 1. The van der Waals surface area contributed by atoms with E-state index in [9.17, 15) is 9.59 Å². The third-order valence-corrected chi connectivity index (χ3v) is 5.76. The van der Waals surface area contributed by atoms with Gasteiger partial charge in [0, 0.05) is 44.3 Å². The molecule has 1 saturated heterocycles. The molecule has 2 aliphatic rings. The van der Waals surface area contributed by atoms with Crippen LogP contribution in [0.3, 0.4) is 0 Å². The molecule has 3 aromatic rings. The zero-order valence-corrected chi connectivity index (χ0v) is 16.5. The molecule has 30 heavy (non-hydrogen) atoms. The number of fused-ring (bicyclic) bond motifs is 1. The first-order chi connectivity index (χ1) is 14.7. The van der Waals surface area contributed by atoms with Gasteiger partial charge in [0.15, 0.2) is 5.69 Å². The average Bonchev–Trinajstić information content (AvgIpc) is 2.76. The van der Waals surface area contributed by atoms with Crippen LogP contribution in [0.15, 0.2) is 41.7 Å². The molecule has 0 spiro atoms. The number of hydrogen-bond donors (Lipinski definition) is 1. The van der Waals surface area contributed by atoms with Crippen LogP contribution in [0.4, 0.5) is 5.69 Å². The smallest absolute Gasteiger partial charge is 0.279 e. The van der Waals surface area contributed by atoms with Gasteiger partial charge < -0.3 is 19.5 Å². The van der Waals surface area contributed by atoms with Crippen LogP contribution in [-0.4, -0.2) is 63.0 Å². The zero-order valence-electron chi connectivity index (χ0n) is 16.5. The van der Waals surface area contributed by atoms with E-state index in [1.54, 1.807) is 11.2 Å². The number of aromatic nitrogens is 4. The molecule has 1 amide bonds. The van der Waals surface area contributed by atoms with Gasteiger partial charge in [0.2, 0.25) is 5.88 Å². The molecule has 1 aliphatic carbocycles. The molecule has 5 rings (SSSR count). The van der Waals surface area contributed by atoms with Gasteiger partial charge in [0.25, 0.3) is 11.5 Å². The summed E-state index contributed by atoms with van der Waals surface area (Å²) >= 11 is 0. The Hall–Kier alpha value is -3.49. The summed E-state index contributed by atoms with van der Waals surface area (Å²) < 4.78 is 6.05. The summed E-state index contributed by atoms with van der Waals surface area (Å²) in [7, 11) is 0. The number of H-pyrrole nitrogens is 1. The van der Waals surface area contributed by atoms with Crippen molar-refractivity contribution in [2.24, 2.45) is 0 Å². The zero-order chi connectivity index (χ0) is 20.5. The van der Waals surface area contributed by atoms with Crippen molar-refractivity contribution in [1.29, 1.82) is 0 Å². The highest BCUT2D eigenvalue weighted by molar-refractivity contribution is 5.92. The van der Waals surface area contributed by atoms with Crippen LogP contribution in [0.2, 0.25) is 0 Å². The Morgan fingerprint density at radius 1 is 1.10 bits per heavy atom. The summed E-state index contributed by atoms with van der Waals surface area (Å²) in [5.74, 6) is 0.300. The molecule has 2 aromatic heterocycles. The molecule has 1 aliphatic heterocycles. The Bertz CT molecular complexity index is 1130. The van der Waals surface area contributed by atoms with Gasteiger partial charge in [-0.05, 0) is 37.5 Å². The minimum atomic E-state index is -0.460. The molecule has 0 atom stereocenters. The molecule has 1 aromatic carbocycles. The molecule has 9 heteroatoms. The second-order valence-corrected chi connectivity index (χ2v) is 7.60. The maximum absolute atomic E-state index is 12.6. The first-order valence-corrected chi connectivity index (χ1v) is 10.2.